The number of carbonyl (C=O) groups is 1. The van der Waals surface area contributed by atoms with Crippen LogP contribution >= 0.6 is 23.4 Å². The smallest absolute Gasteiger partial charge is 0.233 e. The molecule has 3 aromatic rings. The number of halogens is 1. The monoisotopic (exact) mass is 555 g/mol. The molecule has 1 aromatic heterocycles. The number of hydrogen-bond donors (Lipinski definition) is 0. The lowest BCUT2D eigenvalue weighted by molar-refractivity contribution is -0.128. The first-order chi connectivity index (χ1) is 18.4. The summed E-state index contributed by atoms with van der Waals surface area (Å²) in [6.45, 7) is 5.89. The van der Waals surface area contributed by atoms with Crippen LogP contribution in [0.3, 0.4) is 0 Å². The molecule has 0 N–H and O–H groups in total. The SMILES string of the molecule is COc1ccc(CCN(C)c2cc(Cl)nc(SCC(=O)N3CCN(c4ccccc4C)CC3)n2)cc1OC. The third kappa shape index (κ3) is 7.02. The largest absolute Gasteiger partial charge is 0.493 e. The van der Waals surface area contributed by atoms with Crippen molar-refractivity contribution in [3.05, 3.63) is 64.8 Å². The molecule has 0 spiro atoms. The van der Waals surface area contributed by atoms with Crippen molar-refractivity contribution in [3.63, 3.8) is 0 Å². The number of likely N-dealkylation sites (N-methyl/N-ethyl adjacent to an activating group) is 1. The van der Waals surface area contributed by atoms with Gasteiger partial charge in [0.25, 0.3) is 0 Å². The molecule has 4 rings (SSSR count). The highest BCUT2D eigenvalue weighted by Crippen LogP contribution is 2.28. The maximum atomic E-state index is 12.9. The number of nitrogens with zero attached hydrogens (tertiary/aromatic N) is 5. The number of piperazine rings is 1. The lowest BCUT2D eigenvalue weighted by Crippen LogP contribution is -2.49. The zero-order valence-corrected chi connectivity index (χ0v) is 23.9. The number of hydrogen-bond acceptors (Lipinski definition) is 8. The Hall–Kier alpha value is -3.17. The quantitative estimate of drug-likeness (QED) is 0.205. The van der Waals surface area contributed by atoms with E-state index in [0.717, 1.165) is 31.6 Å². The van der Waals surface area contributed by atoms with Crippen molar-refractivity contribution >= 4 is 40.8 Å². The van der Waals surface area contributed by atoms with E-state index in [2.05, 4.69) is 46.1 Å². The van der Waals surface area contributed by atoms with Gasteiger partial charge in [0.15, 0.2) is 16.7 Å². The summed E-state index contributed by atoms with van der Waals surface area (Å²) in [4.78, 5) is 28.2. The molecule has 0 bridgehead atoms. The molecule has 1 aliphatic rings. The van der Waals surface area contributed by atoms with Crippen molar-refractivity contribution in [1.29, 1.82) is 0 Å². The summed E-state index contributed by atoms with van der Waals surface area (Å²) in [7, 11) is 5.22. The number of ether oxygens (including phenoxy) is 2. The minimum atomic E-state index is 0.0892. The number of aryl methyl sites for hydroxylation is 1. The van der Waals surface area contributed by atoms with E-state index in [0.29, 0.717) is 40.7 Å². The van der Waals surface area contributed by atoms with Crippen molar-refractivity contribution in [3.8, 4) is 11.5 Å². The number of para-hydroxylation sites is 1. The predicted octanol–water partition coefficient (Wildman–Crippen LogP) is 4.58. The van der Waals surface area contributed by atoms with E-state index in [1.807, 2.05) is 35.0 Å². The molecule has 10 heteroatoms. The minimum Gasteiger partial charge on any atom is -0.493 e. The van der Waals surface area contributed by atoms with Crippen molar-refractivity contribution in [1.82, 2.24) is 14.9 Å². The summed E-state index contributed by atoms with van der Waals surface area (Å²) < 4.78 is 10.7. The van der Waals surface area contributed by atoms with Crippen molar-refractivity contribution in [2.24, 2.45) is 0 Å². The van der Waals surface area contributed by atoms with Gasteiger partial charge in [0.05, 0.1) is 20.0 Å². The number of amides is 1. The molecule has 8 nitrogen and oxygen atoms in total. The average molecular weight is 556 g/mol. The minimum absolute atomic E-state index is 0.0892. The molecule has 1 aliphatic heterocycles. The number of methoxy groups -OCH3 is 2. The highest BCUT2D eigenvalue weighted by atomic mass is 35.5. The second kappa shape index (κ2) is 13.1. The second-order valence-electron chi connectivity index (χ2n) is 9.14. The molecular weight excluding hydrogens is 522 g/mol. The fourth-order valence-electron chi connectivity index (χ4n) is 4.43. The third-order valence-electron chi connectivity index (χ3n) is 6.65. The summed E-state index contributed by atoms with van der Waals surface area (Å²) in [6.07, 6.45) is 0.786. The molecule has 0 aliphatic carbocycles. The van der Waals surface area contributed by atoms with E-state index in [-0.39, 0.29) is 11.7 Å². The molecule has 1 saturated heterocycles. The molecule has 0 saturated carbocycles. The van der Waals surface area contributed by atoms with Gasteiger partial charge >= 0.3 is 0 Å². The van der Waals surface area contributed by atoms with Gasteiger partial charge in [-0.1, -0.05) is 47.6 Å². The molecule has 0 radical (unpaired) electrons. The van der Waals surface area contributed by atoms with Gasteiger partial charge < -0.3 is 24.2 Å². The van der Waals surface area contributed by atoms with Gasteiger partial charge in [-0.15, -0.1) is 0 Å². The van der Waals surface area contributed by atoms with Crippen LogP contribution < -0.4 is 19.3 Å². The summed E-state index contributed by atoms with van der Waals surface area (Å²) in [5.41, 5.74) is 3.62. The lowest BCUT2D eigenvalue weighted by Gasteiger charge is -2.36. The first kappa shape index (κ1) is 27.9. The van der Waals surface area contributed by atoms with E-state index in [9.17, 15) is 4.79 Å². The van der Waals surface area contributed by atoms with Crippen LogP contribution in [0, 0.1) is 6.92 Å². The summed E-state index contributed by atoms with van der Waals surface area (Å²) in [5, 5.41) is 0.854. The number of benzene rings is 2. The molecule has 38 heavy (non-hydrogen) atoms. The number of rotatable bonds is 10. The van der Waals surface area contributed by atoms with Gasteiger partial charge in [-0.2, -0.15) is 0 Å². The lowest BCUT2D eigenvalue weighted by atomic mass is 10.1. The van der Waals surface area contributed by atoms with E-state index < -0.39 is 0 Å². The topological polar surface area (TPSA) is 71.0 Å². The number of aromatic nitrogens is 2. The Morgan fingerprint density at radius 1 is 1.03 bits per heavy atom. The molecule has 2 aromatic carbocycles. The summed E-state index contributed by atoms with van der Waals surface area (Å²) >= 11 is 7.64. The molecular formula is C28H34ClN5O3S. The Morgan fingerprint density at radius 3 is 2.47 bits per heavy atom. The maximum absolute atomic E-state index is 12.9. The van der Waals surface area contributed by atoms with E-state index >= 15 is 0 Å². The third-order valence-corrected chi connectivity index (χ3v) is 7.67. The summed E-state index contributed by atoms with van der Waals surface area (Å²) in [5.74, 6) is 2.49. The fourth-order valence-corrected chi connectivity index (χ4v) is 5.41. The number of anilines is 2. The van der Waals surface area contributed by atoms with Crippen molar-refractivity contribution < 1.29 is 14.3 Å². The first-order valence-electron chi connectivity index (χ1n) is 12.6. The highest BCUT2D eigenvalue weighted by Gasteiger charge is 2.22. The molecule has 2 heterocycles. The Labute approximate surface area is 233 Å². The van der Waals surface area contributed by atoms with Crippen LogP contribution in [0.1, 0.15) is 11.1 Å². The van der Waals surface area contributed by atoms with Gasteiger partial charge in [0, 0.05) is 51.5 Å². The van der Waals surface area contributed by atoms with E-state index in [4.69, 9.17) is 21.1 Å². The van der Waals surface area contributed by atoms with Crippen LogP contribution in [0.4, 0.5) is 11.5 Å². The second-order valence-corrected chi connectivity index (χ2v) is 10.5. The fraction of sp³-hybridized carbons (Fsp3) is 0.393. The van der Waals surface area contributed by atoms with Crippen LogP contribution in [0.2, 0.25) is 5.15 Å². The number of thioether (sulfide) groups is 1. The van der Waals surface area contributed by atoms with Gasteiger partial charge in [-0.25, -0.2) is 9.97 Å². The Morgan fingerprint density at radius 2 is 1.76 bits per heavy atom. The van der Waals surface area contributed by atoms with Crippen LogP contribution in [-0.4, -0.2) is 80.5 Å². The molecule has 0 atom stereocenters. The predicted molar refractivity (Wildman–Crippen MR) is 154 cm³/mol. The van der Waals surface area contributed by atoms with Gasteiger partial charge in [0.1, 0.15) is 11.0 Å². The zero-order chi connectivity index (χ0) is 27.1. The van der Waals surface area contributed by atoms with Gasteiger partial charge in [-0.3, -0.25) is 4.79 Å². The molecule has 202 valence electrons. The average Bonchev–Trinajstić information content (AvgIpc) is 2.94. The highest BCUT2D eigenvalue weighted by molar-refractivity contribution is 7.99. The van der Waals surface area contributed by atoms with Gasteiger partial charge in [-0.05, 0) is 42.7 Å². The number of carbonyl (C=O) groups excluding carboxylic acids is 1. The first-order valence-corrected chi connectivity index (χ1v) is 13.9. The van der Waals surface area contributed by atoms with E-state index in [1.165, 1.54) is 23.0 Å². The van der Waals surface area contributed by atoms with Crippen LogP contribution in [-0.2, 0) is 11.2 Å². The molecule has 1 amide bonds. The van der Waals surface area contributed by atoms with Gasteiger partial charge in [0.2, 0.25) is 5.91 Å². The maximum Gasteiger partial charge on any atom is 0.233 e. The summed E-state index contributed by atoms with van der Waals surface area (Å²) in [6, 6.07) is 16.0. The standard InChI is InChI=1S/C28H34ClN5O3S/c1-20-7-5-6-8-22(20)33-13-15-34(16-14-33)27(35)19-38-28-30-25(29)18-26(31-28)32(2)12-11-21-9-10-23(36-3)24(17-21)37-4/h5-10,17-18H,11-16,19H2,1-4H3. The van der Waals surface area contributed by atoms with Crippen LogP contribution in [0.25, 0.3) is 0 Å². The Balaban J connectivity index is 1.30. The van der Waals surface area contributed by atoms with Crippen LogP contribution in [0.5, 0.6) is 11.5 Å². The van der Waals surface area contributed by atoms with Crippen molar-refractivity contribution in [2.45, 2.75) is 18.5 Å². The molecule has 1 fully saturated rings. The van der Waals surface area contributed by atoms with E-state index in [1.54, 1.807) is 20.3 Å². The molecule has 0 unspecified atom stereocenters. The van der Waals surface area contributed by atoms with Crippen LogP contribution in [0.15, 0.2) is 53.7 Å². The Bertz CT molecular complexity index is 1250. The normalized spacial score (nSPS) is 13.4. The Kier molecular flexibility index (Phi) is 9.58. The van der Waals surface area contributed by atoms with Crippen molar-refractivity contribution in [2.75, 3.05) is 69.5 Å². The zero-order valence-electron chi connectivity index (χ0n) is 22.3.